The first-order valence-corrected chi connectivity index (χ1v) is 7.95. The summed E-state index contributed by atoms with van der Waals surface area (Å²) in [6.45, 7) is 3.85. The van der Waals surface area contributed by atoms with Gasteiger partial charge in [0.2, 0.25) is 5.91 Å². The van der Waals surface area contributed by atoms with Crippen molar-refractivity contribution in [3.8, 4) is 0 Å². The van der Waals surface area contributed by atoms with Gasteiger partial charge < -0.3 is 9.47 Å². The van der Waals surface area contributed by atoms with Gasteiger partial charge in [-0.15, -0.1) is 11.6 Å². The van der Waals surface area contributed by atoms with Crippen LogP contribution in [0.4, 0.5) is 0 Å². The number of amides is 1. The van der Waals surface area contributed by atoms with Crippen LogP contribution in [0, 0.1) is 0 Å². The van der Waals surface area contributed by atoms with Crippen LogP contribution in [0.2, 0.25) is 5.02 Å². The molecule has 2 aromatic rings. The SMILES string of the molecule is CC(Cl)c1nc2cc(Cl)ccc2n1CC(=O)N1CCCC1. The Bertz CT molecular complexity index is 675. The summed E-state index contributed by atoms with van der Waals surface area (Å²) in [7, 11) is 0. The van der Waals surface area contributed by atoms with E-state index >= 15 is 0 Å². The second-order valence-corrected chi connectivity index (χ2v) is 6.48. The molecule has 4 nitrogen and oxygen atoms in total. The van der Waals surface area contributed by atoms with E-state index in [2.05, 4.69) is 4.98 Å². The van der Waals surface area contributed by atoms with Gasteiger partial charge in [0.1, 0.15) is 12.4 Å². The molecule has 6 heteroatoms. The standard InChI is InChI=1S/C15H17Cl2N3O/c1-10(16)15-18-12-8-11(17)4-5-13(12)20(15)9-14(21)19-6-2-3-7-19/h4-5,8,10H,2-3,6-7,9H2,1H3. The van der Waals surface area contributed by atoms with Gasteiger partial charge in [-0.2, -0.15) is 0 Å². The van der Waals surface area contributed by atoms with Gasteiger partial charge in [-0.1, -0.05) is 11.6 Å². The van der Waals surface area contributed by atoms with Crippen molar-refractivity contribution < 1.29 is 4.79 Å². The lowest BCUT2D eigenvalue weighted by molar-refractivity contribution is -0.130. The van der Waals surface area contributed by atoms with Gasteiger partial charge in [-0.05, 0) is 38.0 Å². The van der Waals surface area contributed by atoms with E-state index in [1.54, 1.807) is 6.07 Å². The number of benzene rings is 1. The number of carbonyl (C=O) groups excluding carboxylic acids is 1. The molecule has 1 aliphatic heterocycles. The van der Waals surface area contributed by atoms with Crippen molar-refractivity contribution in [1.82, 2.24) is 14.5 Å². The topological polar surface area (TPSA) is 38.1 Å². The zero-order valence-corrected chi connectivity index (χ0v) is 13.4. The fourth-order valence-corrected chi connectivity index (χ4v) is 3.13. The Morgan fingerprint density at radius 3 is 2.76 bits per heavy atom. The van der Waals surface area contributed by atoms with Crippen LogP contribution in [0.15, 0.2) is 18.2 Å². The van der Waals surface area contributed by atoms with E-state index < -0.39 is 0 Å². The molecule has 0 radical (unpaired) electrons. The van der Waals surface area contributed by atoms with E-state index in [4.69, 9.17) is 23.2 Å². The Balaban J connectivity index is 1.98. The first kappa shape index (κ1) is 14.7. The number of likely N-dealkylation sites (tertiary alicyclic amines) is 1. The van der Waals surface area contributed by atoms with E-state index in [1.807, 2.05) is 28.5 Å². The highest BCUT2D eigenvalue weighted by Crippen LogP contribution is 2.26. The quantitative estimate of drug-likeness (QED) is 0.808. The summed E-state index contributed by atoms with van der Waals surface area (Å²) < 4.78 is 1.91. The summed E-state index contributed by atoms with van der Waals surface area (Å²) in [5.41, 5.74) is 1.67. The van der Waals surface area contributed by atoms with Crippen LogP contribution >= 0.6 is 23.2 Å². The molecule has 0 aliphatic carbocycles. The number of hydrogen-bond acceptors (Lipinski definition) is 2. The van der Waals surface area contributed by atoms with E-state index in [1.165, 1.54) is 0 Å². The minimum Gasteiger partial charge on any atom is -0.341 e. The molecule has 0 bridgehead atoms. The van der Waals surface area contributed by atoms with E-state index in [0.717, 1.165) is 37.0 Å². The van der Waals surface area contributed by atoms with E-state index in [0.29, 0.717) is 10.8 Å². The Kier molecular flexibility index (Phi) is 4.09. The molecule has 1 aliphatic rings. The molecule has 1 unspecified atom stereocenters. The molecule has 3 rings (SSSR count). The van der Waals surface area contributed by atoms with Gasteiger partial charge in [-0.3, -0.25) is 4.79 Å². The highest BCUT2D eigenvalue weighted by molar-refractivity contribution is 6.31. The van der Waals surface area contributed by atoms with E-state index in [-0.39, 0.29) is 17.8 Å². The molecular weight excluding hydrogens is 309 g/mol. The van der Waals surface area contributed by atoms with Gasteiger partial charge in [0.25, 0.3) is 0 Å². The van der Waals surface area contributed by atoms with Crippen LogP contribution in [-0.2, 0) is 11.3 Å². The molecule has 1 aromatic carbocycles. The van der Waals surface area contributed by atoms with Gasteiger partial charge in [0.05, 0.1) is 16.4 Å². The lowest BCUT2D eigenvalue weighted by atomic mass is 10.3. The molecule has 112 valence electrons. The summed E-state index contributed by atoms with van der Waals surface area (Å²) in [5, 5.41) is 0.370. The summed E-state index contributed by atoms with van der Waals surface area (Å²) in [4.78, 5) is 18.8. The molecule has 2 heterocycles. The summed E-state index contributed by atoms with van der Waals surface area (Å²) in [5.74, 6) is 0.835. The van der Waals surface area contributed by atoms with Gasteiger partial charge in [-0.25, -0.2) is 4.98 Å². The van der Waals surface area contributed by atoms with Gasteiger partial charge >= 0.3 is 0 Å². The Hall–Kier alpha value is -1.26. The highest BCUT2D eigenvalue weighted by atomic mass is 35.5. The highest BCUT2D eigenvalue weighted by Gasteiger charge is 2.22. The summed E-state index contributed by atoms with van der Waals surface area (Å²) in [6.07, 6.45) is 2.18. The molecule has 0 saturated carbocycles. The molecule has 1 fully saturated rings. The maximum Gasteiger partial charge on any atom is 0.242 e. The molecule has 21 heavy (non-hydrogen) atoms. The zero-order chi connectivity index (χ0) is 15.0. The molecule has 1 aromatic heterocycles. The lowest BCUT2D eigenvalue weighted by Crippen LogP contribution is -2.31. The van der Waals surface area contributed by atoms with Crippen molar-refractivity contribution in [2.45, 2.75) is 31.7 Å². The second kappa shape index (κ2) is 5.85. The van der Waals surface area contributed by atoms with Crippen molar-refractivity contribution in [3.63, 3.8) is 0 Å². The van der Waals surface area contributed by atoms with Gasteiger partial charge in [0.15, 0.2) is 0 Å². The van der Waals surface area contributed by atoms with Crippen LogP contribution in [0.25, 0.3) is 11.0 Å². The maximum atomic E-state index is 12.4. The lowest BCUT2D eigenvalue weighted by Gasteiger charge is -2.17. The average Bonchev–Trinajstić information content (AvgIpc) is 3.06. The van der Waals surface area contributed by atoms with Crippen molar-refractivity contribution >= 4 is 40.1 Å². The van der Waals surface area contributed by atoms with Crippen LogP contribution in [0.3, 0.4) is 0 Å². The molecule has 1 atom stereocenters. The summed E-state index contributed by atoms with van der Waals surface area (Å²) in [6, 6.07) is 5.51. The normalized spacial score (nSPS) is 16.6. The smallest absolute Gasteiger partial charge is 0.242 e. The minimum absolute atomic E-state index is 0.125. The third-order valence-corrected chi connectivity index (χ3v) is 4.28. The number of aromatic nitrogens is 2. The van der Waals surface area contributed by atoms with E-state index in [9.17, 15) is 4.79 Å². The minimum atomic E-state index is -0.262. The molecule has 1 amide bonds. The van der Waals surface area contributed by atoms with Gasteiger partial charge in [0, 0.05) is 18.1 Å². The summed E-state index contributed by atoms with van der Waals surface area (Å²) >= 11 is 12.2. The largest absolute Gasteiger partial charge is 0.341 e. The zero-order valence-electron chi connectivity index (χ0n) is 11.9. The molecular formula is C15H17Cl2N3O. The molecule has 0 spiro atoms. The monoisotopic (exact) mass is 325 g/mol. The number of imidazole rings is 1. The number of nitrogens with zero attached hydrogens (tertiary/aromatic N) is 3. The first-order valence-electron chi connectivity index (χ1n) is 7.14. The van der Waals surface area contributed by atoms with Crippen molar-refractivity contribution in [2.75, 3.05) is 13.1 Å². The maximum absolute atomic E-state index is 12.4. The Morgan fingerprint density at radius 2 is 2.10 bits per heavy atom. The number of alkyl halides is 1. The fraction of sp³-hybridized carbons (Fsp3) is 0.467. The Labute approximate surface area is 133 Å². The fourth-order valence-electron chi connectivity index (χ4n) is 2.79. The van der Waals surface area contributed by atoms with Crippen molar-refractivity contribution in [2.24, 2.45) is 0 Å². The van der Waals surface area contributed by atoms with Crippen LogP contribution in [0.1, 0.15) is 31.0 Å². The molecule has 1 saturated heterocycles. The third kappa shape index (κ3) is 2.87. The number of fused-ring (bicyclic) bond motifs is 1. The number of hydrogen-bond donors (Lipinski definition) is 0. The van der Waals surface area contributed by atoms with Crippen LogP contribution < -0.4 is 0 Å². The third-order valence-electron chi connectivity index (χ3n) is 3.85. The number of rotatable bonds is 3. The Morgan fingerprint density at radius 1 is 1.38 bits per heavy atom. The predicted molar refractivity (Wildman–Crippen MR) is 84.8 cm³/mol. The van der Waals surface area contributed by atoms with Crippen molar-refractivity contribution in [3.05, 3.63) is 29.0 Å². The number of halogens is 2. The number of carbonyl (C=O) groups is 1. The van der Waals surface area contributed by atoms with Crippen LogP contribution in [0.5, 0.6) is 0 Å². The van der Waals surface area contributed by atoms with Crippen molar-refractivity contribution in [1.29, 1.82) is 0 Å². The average molecular weight is 326 g/mol. The second-order valence-electron chi connectivity index (χ2n) is 5.39. The molecule has 0 N–H and O–H groups in total. The van der Waals surface area contributed by atoms with Crippen LogP contribution in [-0.4, -0.2) is 33.4 Å². The first-order chi connectivity index (χ1) is 10.1. The predicted octanol–water partition coefficient (Wildman–Crippen LogP) is 3.61.